The van der Waals surface area contributed by atoms with Gasteiger partial charge in [-0.15, -0.1) is 0 Å². The fraction of sp³-hybridized carbons (Fsp3) is 0.562. The van der Waals surface area contributed by atoms with E-state index < -0.39 is 30.5 Å². The number of aliphatic hydroxyl groups is 2. The summed E-state index contributed by atoms with van der Waals surface area (Å²) < 4.78 is 11.9. The minimum Gasteiger partial charge on any atom is -0.399 e. The normalized spacial score (nSPS) is 22.1. The summed E-state index contributed by atoms with van der Waals surface area (Å²) in [6, 6.07) is 8.88. The third-order valence-corrected chi connectivity index (χ3v) is 4.47. The van der Waals surface area contributed by atoms with E-state index >= 15 is 0 Å². The first kappa shape index (κ1) is 17.0. The average molecular weight is 303 g/mol. The summed E-state index contributed by atoms with van der Waals surface area (Å²) in [4.78, 5) is 0. The minimum absolute atomic E-state index is 0.111. The van der Waals surface area contributed by atoms with Crippen molar-refractivity contribution in [3.63, 3.8) is 0 Å². The summed E-state index contributed by atoms with van der Waals surface area (Å²) in [5.41, 5.74) is 0.602. The van der Waals surface area contributed by atoms with E-state index in [-0.39, 0.29) is 6.42 Å². The lowest BCUT2D eigenvalue weighted by molar-refractivity contribution is 0.00578. The van der Waals surface area contributed by atoms with Gasteiger partial charge in [0.1, 0.15) is 6.10 Å². The molecular formula is C16H22BNO4. The number of nitriles is 1. The molecule has 2 N–H and O–H groups in total. The molecule has 22 heavy (non-hydrogen) atoms. The van der Waals surface area contributed by atoms with Gasteiger partial charge in [-0.1, -0.05) is 24.3 Å². The van der Waals surface area contributed by atoms with Crippen LogP contribution in [0.2, 0.25) is 0 Å². The second kappa shape index (κ2) is 6.02. The van der Waals surface area contributed by atoms with Crippen molar-refractivity contribution in [1.29, 1.82) is 5.26 Å². The largest absolute Gasteiger partial charge is 0.494 e. The Kier molecular flexibility index (Phi) is 4.64. The van der Waals surface area contributed by atoms with Crippen molar-refractivity contribution in [2.24, 2.45) is 0 Å². The molecular weight excluding hydrogens is 281 g/mol. The second-order valence-corrected chi connectivity index (χ2v) is 6.63. The van der Waals surface area contributed by atoms with E-state index in [4.69, 9.17) is 14.6 Å². The van der Waals surface area contributed by atoms with Crippen LogP contribution in [0.1, 0.15) is 45.8 Å². The average Bonchev–Trinajstić information content (AvgIpc) is 2.67. The maximum Gasteiger partial charge on any atom is 0.494 e. The van der Waals surface area contributed by atoms with Crippen molar-refractivity contribution in [3.05, 3.63) is 29.8 Å². The Hall–Kier alpha value is -1.39. The number of benzene rings is 1. The maximum absolute atomic E-state index is 9.98. The molecule has 0 saturated carbocycles. The first-order chi connectivity index (χ1) is 10.2. The Balaban J connectivity index is 2.12. The van der Waals surface area contributed by atoms with Crippen molar-refractivity contribution in [2.45, 2.75) is 57.5 Å². The van der Waals surface area contributed by atoms with Gasteiger partial charge in [-0.05, 0) is 38.7 Å². The van der Waals surface area contributed by atoms with Crippen LogP contribution in [0, 0.1) is 11.3 Å². The maximum atomic E-state index is 9.98. The molecule has 1 aliphatic rings. The van der Waals surface area contributed by atoms with Crippen molar-refractivity contribution >= 4 is 12.6 Å². The van der Waals surface area contributed by atoms with Crippen LogP contribution < -0.4 is 5.46 Å². The zero-order chi connectivity index (χ0) is 16.5. The van der Waals surface area contributed by atoms with Gasteiger partial charge >= 0.3 is 7.12 Å². The van der Waals surface area contributed by atoms with Gasteiger partial charge in [0, 0.05) is 0 Å². The van der Waals surface area contributed by atoms with E-state index in [1.807, 2.05) is 33.8 Å². The monoisotopic (exact) mass is 303 g/mol. The molecule has 0 spiro atoms. The van der Waals surface area contributed by atoms with Gasteiger partial charge in [0.05, 0.1) is 29.8 Å². The van der Waals surface area contributed by atoms with Crippen LogP contribution in [0.15, 0.2) is 24.3 Å². The van der Waals surface area contributed by atoms with E-state index in [1.54, 1.807) is 24.3 Å². The molecule has 118 valence electrons. The van der Waals surface area contributed by atoms with Crippen molar-refractivity contribution in [3.8, 4) is 6.07 Å². The SMILES string of the molecule is CC1(C)OB(c2ccc(C(O)C(O)CC#N)cc2)OC1(C)C. The third-order valence-electron chi connectivity index (χ3n) is 4.47. The fourth-order valence-electron chi connectivity index (χ4n) is 2.26. The molecule has 2 rings (SSSR count). The van der Waals surface area contributed by atoms with Gasteiger partial charge in [0.25, 0.3) is 0 Å². The third kappa shape index (κ3) is 3.18. The Bertz CT molecular complexity index is 549. The topological polar surface area (TPSA) is 82.7 Å². The smallest absolute Gasteiger partial charge is 0.399 e. The van der Waals surface area contributed by atoms with Gasteiger partial charge < -0.3 is 19.5 Å². The highest BCUT2D eigenvalue weighted by Gasteiger charge is 2.51. The molecule has 0 radical (unpaired) electrons. The lowest BCUT2D eigenvalue weighted by atomic mass is 9.78. The Morgan fingerprint density at radius 2 is 1.59 bits per heavy atom. The molecule has 0 bridgehead atoms. The molecule has 0 aliphatic carbocycles. The Morgan fingerprint density at radius 3 is 2.05 bits per heavy atom. The molecule has 0 aromatic heterocycles. The van der Waals surface area contributed by atoms with Gasteiger partial charge in [-0.25, -0.2) is 0 Å². The fourth-order valence-corrected chi connectivity index (χ4v) is 2.26. The number of nitrogens with zero attached hydrogens (tertiary/aromatic N) is 1. The van der Waals surface area contributed by atoms with Crippen LogP contribution in [0.4, 0.5) is 0 Å². The lowest BCUT2D eigenvalue weighted by Gasteiger charge is -2.32. The van der Waals surface area contributed by atoms with Gasteiger partial charge in [0.2, 0.25) is 0 Å². The highest BCUT2D eigenvalue weighted by Crippen LogP contribution is 2.36. The molecule has 1 aliphatic heterocycles. The van der Waals surface area contributed by atoms with E-state index in [1.165, 1.54) is 0 Å². The minimum atomic E-state index is -1.09. The predicted octanol–water partition coefficient (Wildman–Crippen LogP) is 1.29. The summed E-state index contributed by atoms with van der Waals surface area (Å²) in [6.07, 6.45) is -2.28. The standard InChI is InChI=1S/C16H22BNO4/c1-15(2)16(3,4)22-17(21-15)12-7-5-11(6-8-12)14(20)13(19)9-10-18/h5-8,13-14,19-20H,9H2,1-4H3. The molecule has 2 unspecified atom stereocenters. The van der Waals surface area contributed by atoms with E-state index in [0.717, 1.165) is 5.46 Å². The number of aliphatic hydroxyl groups excluding tert-OH is 2. The van der Waals surface area contributed by atoms with Crippen LogP contribution in [0.5, 0.6) is 0 Å². The highest BCUT2D eigenvalue weighted by atomic mass is 16.7. The van der Waals surface area contributed by atoms with Crippen LogP contribution in [0.25, 0.3) is 0 Å². The molecule has 0 amide bonds. The van der Waals surface area contributed by atoms with Gasteiger partial charge in [-0.3, -0.25) is 0 Å². The summed E-state index contributed by atoms with van der Waals surface area (Å²) in [6.45, 7) is 7.96. The van der Waals surface area contributed by atoms with Gasteiger partial charge in [-0.2, -0.15) is 5.26 Å². The van der Waals surface area contributed by atoms with Crippen LogP contribution in [-0.2, 0) is 9.31 Å². The Morgan fingerprint density at radius 1 is 1.09 bits per heavy atom. The van der Waals surface area contributed by atoms with Crippen LogP contribution in [0.3, 0.4) is 0 Å². The summed E-state index contributed by atoms with van der Waals surface area (Å²) in [5, 5.41) is 28.2. The molecule has 1 saturated heterocycles. The molecule has 1 fully saturated rings. The highest BCUT2D eigenvalue weighted by molar-refractivity contribution is 6.62. The summed E-state index contributed by atoms with van der Waals surface area (Å²) >= 11 is 0. The molecule has 1 aromatic rings. The molecule has 1 aromatic carbocycles. The van der Waals surface area contributed by atoms with Crippen molar-refractivity contribution in [1.82, 2.24) is 0 Å². The predicted molar refractivity (Wildman–Crippen MR) is 83.4 cm³/mol. The zero-order valence-electron chi connectivity index (χ0n) is 13.4. The van der Waals surface area contributed by atoms with E-state index in [0.29, 0.717) is 5.56 Å². The molecule has 2 atom stereocenters. The van der Waals surface area contributed by atoms with Crippen LogP contribution >= 0.6 is 0 Å². The number of hydrogen-bond donors (Lipinski definition) is 2. The molecule has 6 heteroatoms. The molecule has 1 heterocycles. The zero-order valence-corrected chi connectivity index (χ0v) is 13.4. The summed E-state index contributed by atoms with van der Waals surface area (Å²) in [5.74, 6) is 0. The van der Waals surface area contributed by atoms with E-state index in [2.05, 4.69) is 0 Å². The first-order valence-electron chi connectivity index (χ1n) is 7.36. The van der Waals surface area contributed by atoms with Crippen molar-refractivity contribution < 1.29 is 19.5 Å². The van der Waals surface area contributed by atoms with E-state index in [9.17, 15) is 10.2 Å². The van der Waals surface area contributed by atoms with Crippen molar-refractivity contribution in [2.75, 3.05) is 0 Å². The number of rotatable bonds is 4. The Labute approximate surface area is 131 Å². The van der Waals surface area contributed by atoms with Crippen LogP contribution in [-0.4, -0.2) is 34.6 Å². The summed E-state index contributed by atoms with van der Waals surface area (Å²) in [7, 11) is -0.458. The first-order valence-corrected chi connectivity index (χ1v) is 7.36. The second-order valence-electron chi connectivity index (χ2n) is 6.63. The number of hydrogen-bond acceptors (Lipinski definition) is 5. The quantitative estimate of drug-likeness (QED) is 0.819. The lowest BCUT2D eigenvalue weighted by Crippen LogP contribution is -2.41. The molecule has 5 nitrogen and oxygen atoms in total. The van der Waals surface area contributed by atoms with Gasteiger partial charge in [0.15, 0.2) is 0 Å².